The van der Waals surface area contributed by atoms with Crippen molar-refractivity contribution in [2.45, 2.75) is 12.1 Å². The van der Waals surface area contributed by atoms with Gasteiger partial charge in [-0.1, -0.05) is 36.0 Å². The summed E-state index contributed by atoms with van der Waals surface area (Å²) in [5.41, 5.74) is 2.44. The molecule has 0 unspecified atom stereocenters. The van der Waals surface area contributed by atoms with Gasteiger partial charge in [0.1, 0.15) is 11.9 Å². The van der Waals surface area contributed by atoms with E-state index in [1.807, 2.05) is 31.2 Å². The first-order chi connectivity index (χ1) is 13.2. The van der Waals surface area contributed by atoms with Gasteiger partial charge < -0.3 is 5.32 Å². The molecule has 0 atom stereocenters. The van der Waals surface area contributed by atoms with E-state index >= 15 is 0 Å². The molecule has 0 spiro atoms. The SMILES string of the molecule is Cc1nc2c3ccccc3nc(SCC(=O)Nc3ccccc3C#N)n2n1. The van der Waals surface area contributed by atoms with Crippen molar-refractivity contribution in [1.82, 2.24) is 19.6 Å². The highest BCUT2D eigenvalue weighted by Gasteiger charge is 2.14. The second-order valence-corrected chi connectivity index (χ2v) is 6.74. The molecule has 2 aromatic heterocycles. The number of aromatic nitrogens is 4. The van der Waals surface area contributed by atoms with Crippen molar-refractivity contribution in [3.63, 3.8) is 0 Å². The maximum absolute atomic E-state index is 12.3. The zero-order valence-corrected chi connectivity index (χ0v) is 15.2. The van der Waals surface area contributed by atoms with Gasteiger partial charge in [-0.2, -0.15) is 9.78 Å². The van der Waals surface area contributed by atoms with Crippen molar-refractivity contribution in [2.75, 3.05) is 11.1 Å². The summed E-state index contributed by atoms with van der Waals surface area (Å²) in [5.74, 6) is 0.559. The number of para-hydroxylation sites is 2. The largest absolute Gasteiger partial charge is 0.324 e. The van der Waals surface area contributed by atoms with E-state index in [0.29, 0.717) is 22.2 Å². The van der Waals surface area contributed by atoms with Crippen LogP contribution in [0.4, 0.5) is 5.69 Å². The number of aryl methyl sites for hydroxylation is 1. The van der Waals surface area contributed by atoms with Crippen LogP contribution in [0.3, 0.4) is 0 Å². The van der Waals surface area contributed by atoms with E-state index < -0.39 is 0 Å². The quantitative estimate of drug-likeness (QED) is 0.435. The third kappa shape index (κ3) is 3.32. The summed E-state index contributed by atoms with van der Waals surface area (Å²) in [6.45, 7) is 1.82. The molecule has 0 radical (unpaired) electrons. The molecule has 2 aromatic carbocycles. The van der Waals surface area contributed by atoms with Gasteiger partial charge in [-0.15, -0.1) is 5.10 Å². The van der Waals surface area contributed by atoms with E-state index in [0.717, 1.165) is 16.6 Å². The highest BCUT2D eigenvalue weighted by Crippen LogP contribution is 2.24. The van der Waals surface area contributed by atoms with E-state index in [9.17, 15) is 4.79 Å². The fraction of sp³-hybridized carbons (Fsp3) is 0.105. The molecule has 132 valence electrons. The van der Waals surface area contributed by atoms with Crippen LogP contribution < -0.4 is 5.32 Å². The van der Waals surface area contributed by atoms with Crippen LogP contribution in [-0.2, 0) is 4.79 Å². The maximum atomic E-state index is 12.3. The highest BCUT2D eigenvalue weighted by atomic mass is 32.2. The van der Waals surface area contributed by atoms with E-state index in [1.54, 1.807) is 28.8 Å². The van der Waals surface area contributed by atoms with Crippen molar-refractivity contribution in [1.29, 1.82) is 5.26 Å². The highest BCUT2D eigenvalue weighted by molar-refractivity contribution is 7.99. The van der Waals surface area contributed by atoms with E-state index in [4.69, 9.17) is 5.26 Å². The van der Waals surface area contributed by atoms with Gasteiger partial charge in [0.05, 0.1) is 22.5 Å². The predicted octanol–water partition coefficient (Wildman–Crippen LogP) is 3.19. The first-order valence-corrected chi connectivity index (χ1v) is 9.18. The van der Waals surface area contributed by atoms with Crippen molar-refractivity contribution in [3.8, 4) is 6.07 Å². The van der Waals surface area contributed by atoms with Gasteiger partial charge in [0.25, 0.3) is 0 Å². The average molecular weight is 374 g/mol. The standard InChI is InChI=1S/C19H14N6OS/c1-12-21-18-14-7-3-5-9-16(14)23-19(25(18)24-12)27-11-17(26)22-15-8-4-2-6-13(15)10-20/h2-9H,11H2,1H3,(H,22,26). The summed E-state index contributed by atoms with van der Waals surface area (Å²) in [6.07, 6.45) is 0. The number of benzene rings is 2. The molecule has 4 aromatic rings. The number of fused-ring (bicyclic) bond motifs is 3. The summed E-state index contributed by atoms with van der Waals surface area (Å²) in [5, 5.41) is 17.8. The van der Waals surface area contributed by atoms with E-state index in [2.05, 4.69) is 26.5 Å². The fourth-order valence-corrected chi connectivity index (χ4v) is 3.48. The number of nitriles is 1. The van der Waals surface area contributed by atoms with Crippen LogP contribution in [0, 0.1) is 18.3 Å². The normalized spacial score (nSPS) is 10.8. The van der Waals surface area contributed by atoms with Crippen LogP contribution >= 0.6 is 11.8 Å². The molecule has 0 saturated heterocycles. The minimum absolute atomic E-state index is 0.138. The molecule has 7 nitrogen and oxygen atoms in total. The number of thioether (sulfide) groups is 1. The maximum Gasteiger partial charge on any atom is 0.234 e. The number of hydrogen-bond acceptors (Lipinski definition) is 6. The fourth-order valence-electron chi connectivity index (χ4n) is 2.73. The number of nitrogens with one attached hydrogen (secondary N) is 1. The lowest BCUT2D eigenvalue weighted by atomic mass is 10.2. The molecule has 8 heteroatoms. The summed E-state index contributed by atoms with van der Waals surface area (Å²) in [4.78, 5) is 21.4. The number of rotatable bonds is 4. The van der Waals surface area contributed by atoms with Crippen LogP contribution in [0.1, 0.15) is 11.4 Å². The summed E-state index contributed by atoms with van der Waals surface area (Å²) in [7, 11) is 0. The lowest BCUT2D eigenvalue weighted by molar-refractivity contribution is -0.113. The molecular weight excluding hydrogens is 360 g/mol. The lowest BCUT2D eigenvalue weighted by Gasteiger charge is -2.08. The summed E-state index contributed by atoms with van der Waals surface area (Å²) in [6, 6.07) is 16.7. The van der Waals surface area contributed by atoms with Crippen molar-refractivity contribution in [2.24, 2.45) is 0 Å². The Bertz CT molecular complexity index is 1210. The Hall–Kier alpha value is -3.44. The molecule has 1 amide bonds. The topological polar surface area (TPSA) is 96.0 Å². The van der Waals surface area contributed by atoms with Gasteiger partial charge in [0.15, 0.2) is 10.8 Å². The van der Waals surface area contributed by atoms with Crippen molar-refractivity contribution >= 4 is 39.9 Å². The Labute approximate surface area is 159 Å². The zero-order valence-electron chi connectivity index (χ0n) is 14.4. The van der Waals surface area contributed by atoms with Gasteiger partial charge in [0.2, 0.25) is 5.91 Å². The molecular formula is C19H14N6OS. The van der Waals surface area contributed by atoms with Gasteiger partial charge in [0, 0.05) is 5.39 Å². The monoisotopic (exact) mass is 374 g/mol. The van der Waals surface area contributed by atoms with Crippen molar-refractivity contribution in [3.05, 3.63) is 59.9 Å². The van der Waals surface area contributed by atoms with Crippen LogP contribution in [0.2, 0.25) is 0 Å². The number of carbonyl (C=O) groups is 1. The molecule has 0 aliphatic carbocycles. The molecule has 2 heterocycles. The number of hydrogen-bond donors (Lipinski definition) is 1. The van der Waals surface area contributed by atoms with E-state index in [1.165, 1.54) is 11.8 Å². The Morgan fingerprint density at radius 1 is 1.19 bits per heavy atom. The van der Waals surface area contributed by atoms with Gasteiger partial charge in [-0.05, 0) is 31.2 Å². The molecule has 4 rings (SSSR count). The smallest absolute Gasteiger partial charge is 0.234 e. The van der Waals surface area contributed by atoms with Gasteiger partial charge in [-0.3, -0.25) is 4.79 Å². The molecule has 1 N–H and O–H groups in total. The molecule has 27 heavy (non-hydrogen) atoms. The summed E-state index contributed by atoms with van der Waals surface area (Å²) < 4.78 is 1.67. The van der Waals surface area contributed by atoms with Gasteiger partial charge >= 0.3 is 0 Å². The second-order valence-electron chi connectivity index (χ2n) is 5.80. The average Bonchev–Trinajstić information content (AvgIpc) is 3.08. The molecule has 0 aliphatic heterocycles. The zero-order chi connectivity index (χ0) is 18.8. The molecule has 0 saturated carbocycles. The van der Waals surface area contributed by atoms with Crippen molar-refractivity contribution < 1.29 is 4.79 Å². The van der Waals surface area contributed by atoms with Crippen LogP contribution in [0.25, 0.3) is 16.6 Å². The molecule has 0 bridgehead atoms. The van der Waals surface area contributed by atoms with Crippen LogP contribution in [-0.4, -0.2) is 31.2 Å². The lowest BCUT2D eigenvalue weighted by Crippen LogP contribution is -2.15. The number of anilines is 1. The first-order valence-electron chi connectivity index (χ1n) is 8.19. The van der Waals surface area contributed by atoms with E-state index in [-0.39, 0.29) is 11.7 Å². The minimum atomic E-state index is -0.220. The Kier molecular flexibility index (Phi) is 4.44. The predicted molar refractivity (Wildman–Crippen MR) is 104 cm³/mol. The van der Waals surface area contributed by atoms with Crippen LogP contribution in [0.5, 0.6) is 0 Å². The molecule has 0 fully saturated rings. The first kappa shape index (κ1) is 17.0. The third-order valence-corrected chi connectivity index (χ3v) is 4.84. The minimum Gasteiger partial charge on any atom is -0.324 e. The Morgan fingerprint density at radius 3 is 2.81 bits per heavy atom. The molecule has 0 aliphatic rings. The number of amides is 1. The number of carbonyl (C=O) groups excluding carboxylic acids is 1. The number of nitrogens with zero attached hydrogens (tertiary/aromatic N) is 5. The summed E-state index contributed by atoms with van der Waals surface area (Å²) >= 11 is 1.27. The second kappa shape index (κ2) is 7.05. The van der Waals surface area contributed by atoms with Gasteiger partial charge in [-0.25, -0.2) is 9.97 Å². The Balaban J connectivity index is 1.60. The third-order valence-electron chi connectivity index (χ3n) is 3.91. The van der Waals surface area contributed by atoms with Crippen LogP contribution in [0.15, 0.2) is 53.7 Å². The Morgan fingerprint density at radius 2 is 1.96 bits per heavy atom.